The first-order valence-corrected chi connectivity index (χ1v) is 6.77. The minimum atomic E-state index is -5.00. The smallest absolute Gasteiger partial charge is 0.362 e. The van der Waals surface area contributed by atoms with Crippen molar-refractivity contribution in [3.63, 3.8) is 0 Å². The molecule has 22 heavy (non-hydrogen) atoms. The lowest BCUT2D eigenvalue weighted by Crippen LogP contribution is -2.57. The number of alkyl halides is 3. The molecule has 1 aromatic heterocycles. The van der Waals surface area contributed by atoms with E-state index in [9.17, 15) is 23.1 Å². The molecule has 6 nitrogen and oxygen atoms in total. The predicted octanol–water partition coefficient (Wildman–Crippen LogP) is 2.03. The third-order valence-corrected chi connectivity index (χ3v) is 3.47. The minimum Gasteiger partial charge on any atom is -0.362 e. The molecule has 2 rings (SSSR count). The maximum absolute atomic E-state index is 13.1. The maximum Gasteiger partial charge on any atom is 0.438 e. The van der Waals surface area contributed by atoms with Crippen molar-refractivity contribution in [1.29, 1.82) is 0 Å². The Labute approximate surface area is 129 Å². The number of aliphatic hydroxyl groups is 1. The highest BCUT2D eigenvalue weighted by molar-refractivity contribution is 6.30. The first kappa shape index (κ1) is 16.8. The molecular weight excluding hydrogens is 325 g/mol. The van der Waals surface area contributed by atoms with E-state index in [-0.39, 0.29) is 17.3 Å². The molecular formula is C12H14ClF3N4O2. The van der Waals surface area contributed by atoms with Gasteiger partial charge in [-0.15, -0.1) is 0 Å². The first-order chi connectivity index (χ1) is 10.0. The molecule has 0 saturated heterocycles. The van der Waals surface area contributed by atoms with Crippen molar-refractivity contribution in [2.24, 2.45) is 11.0 Å². The number of carbonyl (C=O) groups is 1. The van der Waals surface area contributed by atoms with Gasteiger partial charge in [0, 0.05) is 18.3 Å². The normalized spacial score (nSPS) is 23.6. The second-order valence-corrected chi connectivity index (χ2v) is 5.69. The number of halogens is 4. The van der Waals surface area contributed by atoms with Gasteiger partial charge >= 0.3 is 6.18 Å². The van der Waals surface area contributed by atoms with E-state index in [4.69, 9.17) is 11.6 Å². The van der Waals surface area contributed by atoms with Crippen molar-refractivity contribution in [3.05, 3.63) is 17.4 Å². The molecule has 0 saturated carbocycles. The largest absolute Gasteiger partial charge is 0.438 e. The highest BCUT2D eigenvalue weighted by Crippen LogP contribution is 2.40. The molecule has 122 valence electrons. The van der Waals surface area contributed by atoms with Crippen LogP contribution < -0.4 is 0 Å². The zero-order valence-corrected chi connectivity index (χ0v) is 12.6. The van der Waals surface area contributed by atoms with Crippen molar-refractivity contribution < 1.29 is 23.1 Å². The summed E-state index contributed by atoms with van der Waals surface area (Å²) in [7, 11) is 0. The van der Waals surface area contributed by atoms with Gasteiger partial charge in [0.1, 0.15) is 0 Å². The summed E-state index contributed by atoms with van der Waals surface area (Å²) in [6.07, 6.45) is -2.97. The molecule has 0 aromatic carbocycles. The van der Waals surface area contributed by atoms with Crippen LogP contribution in [0.3, 0.4) is 0 Å². The molecule has 2 heterocycles. The lowest BCUT2D eigenvalue weighted by Gasteiger charge is -2.33. The number of hydrogen-bond donors (Lipinski definition) is 1. The summed E-state index contributed by atoms with van der Waals surface area (Å²) in [5.74, 6) is -1.82. The minimum absolute atomic E-state index is 0.0184. The van der Waals surface area contributed by atoms with Crippen LogP contribution in [-0.2, 0) is 11.3 Å². The molecule has 0 aliphatic carbocycles. The highest BCUT2D eigenvalue weighted by Gasteiger charge is 2.62. The van der Waals surface area contributed by atoms with E-state index in [2.05, 4.69) is 10.2 Å². The Morgan fingerprint density at radius 3 is 2.73 bits per heavy atom. The van der Waals surface area contributed by atoms with Crippen LogP contribution in [0, 0.1) is 5.92 Å². The number of nitrogens with zero attached hydrogens (tertiary/aromatic N) is 4. The Hall–Kier alpha value is -1.61. The molecule has 0 spiro atoms. The lowest BCUT2D eigenvalue weighted by molar-refractivity contribution is -0.303. The van der Waals surface area contributed by atoms with E-state index in [0.717, 1.165) is 0 Å². The predicted molar refractivity (Wildman–Crippen MR) is 72.0 cm³/mol. The number of rotatable bonds is 3. The monoisotopic (exact) mass is 338 g/mol. The highest BCUT2D eigenvalue weighted by atomic mass is 35.5. The Morgan fingerprint density at radius 2 is 2.23 bits per heavy atom. The number of hydrogen-bond acceptors (Lipinski definition) is 4. The van der Waals surface area contributed by atoms with E-state index in [1.807, 2.05) is 0 Å². The zero-order chi connectivity index (χ0) is 16.7. The van der Waals surface area contributed by atoms with Gasteiger partial charge in [0.2, 0.25) is 5.91 Å². The van der Waals surface area contributed by atoms with Crippen molar-refractivity contribution in [3.8, 4) is 0 Å². The van der Waals surface area contributed by atoms with E-state index in [1.165, 1.54) is 30.9 Å². The Balaban J connectivity index is 2.19. The molecule has 0 bridgehead atoms. The van der Waals surface area contributed by atoms with Gasteiger partial charge in [-0.05, 0) is 6.92 Å². The van der Waals surface area contributed by atoms with Gasteiger partial charge in [-0.2, -0.15) is 28.4 Å². The molecule has 1 amide bonds. The summed E-state index contributed by atoms with van der Waals surface area (Å²) in [5.41, 5.74) is -3.27. The topological polar surface area (TPSA) is 70.7 Å². The molecule has 0 radical (unpaired) electrons. The van der Waals surface area contributed by atoms with Gasteiger partial charge in [0.15, 0.2) is 0 Å². The Kier molecular flexibility index (Phi) is 4.22. The fourth-order valence-electron chi connectivity index (χ4n) is 2.18. The number of carbonyl (C=O) groups excluding carboxylic acids is 1. The average Bonchev–Trinajstić information content (AvgIpc) is 2.92. The first-order valence-electron chi connectivity index (χ1n) is 6.40. The van der Waals surface area contributed by atoms with Crippen LogP contribution in [0.5, 0.6) is 0 Å². The Bertz CT molecular complexity index is 616. The third kappa shape index (κ3) is 2.95. The Morgan fingerprint density at radius 1 is 1.59 bits per heavy atom. The zero-order valence-electron chi connectivity index (χ0n) is 11.8. The molecule has 10 heteroatoms. The van der Waals surface area contributed by atoms with Gasteiger partial charge in [-0.25, -0.2) is 0 Å². The fraction of sp³-hybridized carbons (Fsp3) is 0.583. The van der Waals surface area contributed by atoms with Crippen LogP contribution in [0.4, 0.5) is 13.2 Å². The van der Waals surface area contributed by atoms with Crippen molar-refractivity contribution in [2.75, 3.05) is 0 Å². The van der Waals surface area contributed by atoms with Crippen molar-refractivity contribution in [1.82, 2.24) is 14.8 Å². The summed E-state index contributed by atoms with van der Waals surface area (Å²) < 4.78 is 40.5. The number of amides is 1. The number of aromatic nitrogens is 2. The van der Waals surface area contributed by atoms with Crippen LogP contribution in [0.1, 0.15) is 20.3 Å². The van der Waals surface area contributed by atoms with Crippen molar-refractivity contribution >= 4 is 23.2 Å². The second-order valence-electron chi connectivity index (χ2n) is 5.26. The number of hydrazone groups is 1. The van der Waals surface area contributed by atoms with Gasteiger partial charge in [0.05, 0.1) is 23.7 Å². The van der Waals surface area contributed by atoms with E-state index >= 15 is 0 Å². The van der Waals surface area contributed by atoms with E-state index in [0.29, 0.717) is 5.02 Å². The fourth-order valence-corrected chi connectivity index (χ4v) is 2.33. The standard InChI is InChI=1S/C12H14ClF3N4O2/c1-7(5-19-6-9(13)4-17-19)10(21)20-11(22,12(14,15)16)3-8(2)18-20/h4,6-7,22H,3,5H2,1-2H3. The molecule has 2 unspecified atom stereocenters. The van der Waals surface area contributed by atoms with Crippen LogP contribution in [0.25, 0.3) is 0 Å². The summed E-state index contributed by atoms with van der Waals surface area (Å²) in [6.45, 7) is 2.77. The molecule has 1 N–H and O–H groups in total. The van der Waals surface area contributed by atoms with Crippen LogP contribution in [0.2, 0.25) is 5.02 Å². The lowest BCUT2D eigenvalue weighted by atomic mass is 10.1. The summed E-state index contributed by atoms with van der Waals surface area (Å²) in [5, 5.41) is 17.8. The molecule has 1 aliphatic heterocycles. The SMILES string of the molecule is CC1=NN(C(=O)C(C)Cn2cc(Cl)cn2)C(O)(C(F)(F)F)C1. The van der Waals surface area contributed by atoms with Crippen molar-refractivity contribution in [2.45, 2.75) is 38.7 Å². The second kappa shape index (κ2) is 5.54. The third-order valence-electron chi connectivity index (χ3n) is 3.27. The molecule has 2 atom stereocenters. The van der Waals surface area contributed by atoms with Crippen LogP contribution >= 0.6 is 11.6 Å². The van der Waals surface area contributed by atoms with E-state index < -0.39 is 30.1 Å². The quantitative estimate of drug-likeness (QED) is 0.916. The summed E-state index contributed by atoms with van der Waals surface area (Å²) >= 11 is 5.69. The molecule has 1 aliphatic rings. The average molecular weight is 339 g/mol. The van der Waals surface area contributed by atoms with Gasteiger partial charge in [-0.1, -0.05) is 18.5 Å². The summed E-state index contributed by atoms with van der Waals surface area (Å²) in [4.78, 5) is 12.2. The van der Waals surface area contributed by atoms with Gasteiger partial charge in [0.25, 0.3) is 5.72 Å². The van der Waals surface area contributed by atoms with Crippen LogP contribution in [0.15, 0.2) is 17.5 Å². The van der Waals surface area contributed by atoms with Gasteiger partial charge in [-0.3, -0.25) is 9.48 Å². The molecule has 1 aromatic rings. The van der Waals surface area contributed by atoms with Gasteiger partial charge < -0.3 is 5.11 Å². The van der Waals surface area contributed by atoms with Crippen LogP contribution in [-0.4, -0.2) is 43.4 Å². The maximum atomic E-state index is 13.1. The summed E-state index contributed by atoms with van der Waals surface area (Å²) in [6, 6.07) is 0. The van der Waals surface area contributed by atoms with E-state index in [1.54, 1.807) is 0 Å². The molecule has 0 fully saturated rings.